The number of methoxy groups -OCH3 is 1. The van der Waals surface area contributed by atoms with Gasteiger partial charge in [0, 0.05) is 30.3 Å². The van der Waals surface area contributed by atoms with Crippen molar-refractivity contribution in [3.8, 4) is 11.6 Å². The lowest BCUT2D eigenvalue weighted by Crippen LogP contribution is -2.46. The van der Waals surface area contributed by atoms with E-state index in [2.05, 4.69) is 9.71 Å². The molecule has 5 bridgehead atoms. The summed E-state index contributed by atoms with van der Waals surface area (Å²) in [5, 5.41) is 1.13. The molecule has 0 radical (unpaired) electrons. The highest BCUT2D eigenvalue weighted by Gasteiger charge is 2.62. The molecular formula is C40H53N3O9S. The molecule has 13 heteroatoms. The number of aryl methyl sites for hydroxylation is 1. The van der Waals surface area contributed by atoms with Gasteiger partial charge in [-0.05, 0) is 92.4 Å². The topological polar surface area (TPSA) is 158 Å². The lowest BCUT2D eigenvalue weighted by atomic mass is 9.90. The summed E-state index contributed by atoms with van der Waals surface area (Å²) in [6.07, 6.45) is 10.6. The number of carbonyl (C=O) groups is 4. The number of ether oxygens (including phenoxy) is 3. The number of sulfonamides is 1. The summed E-state index contributed by atoms with van der Waals surface area (Å²) in [5.74, 6) is -1.12. The SMILES string of the molecule is COc1cc2ccnc3c2cc1CCC[C@H](C)COC(=O)C[C@H]1CCCCCCC[C@H]2C[C@@]2(C(=O)NS(=O)(=O)C2CC2)CC(=O)[C@@H]2C[C@H](CN2C1=O)O3. The first-order valence-corrected chi connectivity index (χ1v) is 21.2. The van der Waals surface area contributed by atoms with Crippen LogP contribution >= 0.6 is 0 Å². The van der Waals surface area contributed by atoms with Gasteiger partial charge in [-0.2, -0.15) is 0 Å². The zero-order valence-corrected chi connectivity index (χ0v) is 31.8. The Bertz CT molecular complexity index is 1850. The molecule has 0 spiro atoms. The van der Waals surface area contributed by atoms with Crippen LogP contribution in [0.2, 0.25) is 0 Å². The van der Waals surface area contributed by atoms with Crippen LogP contribution in [0, 0.1) is 23.2 Å². The van der Waals surface area contributed by atoms with E-state index in [0.717, 1.165) is 79.9 Å². The van der Waals surface area contributed by atoms with Crippen LogP contribution in [0.1, 0.15) is 109 Å². The van der Waals surface area contributed by atoms with Gasteiger partial charge in [0.15, 0.2) is 5.78 Å². The molecule has 4 fully saturated rings. The first-order chi connectivity index (χ1) is 25.5. The minimum atomic E-state index is -3.81. The summed E-state index contributed by atoms with van der Waals surface area (Å²) in [4.78, 5) is 62.3. The van der Waals surface area contributed by atoms with Gasteiger partial charge >= 0.3 is 5.97 Å². The summed E-state index contributed by atoms with van der Waals surface area (Å²) in [6.45, 7) is 2.41. The molecule has 2 saturated heterocycles. The molecule has 0 unspecified atom stereocenters. The van der Waals surface area contributed by atoms with E-state index in [-0.39, 0.29) is 55.9 Å². The van der Waals surface area contributed by atoms with Crippen molar-refractivity contribution >= 4 is 44.4 Å². The maximum absolute atomic E-state index is 14.6. The third kappa shape index (κ3) is 8.34. The van der Waals surface area contributed by atoms with E-state index in [4.69, 9.17) is 14.2 Å². The Labute approximate surface area is 312 Å². The molecule has 1 aromatic carbocycles. The van der Waals surface area contributed by atoms with Gasteiger partial charge in [0.05, 0.1) is 43.4 Å². The van der Waals surface area contributed by atoms with Crippen LogP contribution in [0.5, 0.6) is 11.6 Å². The Morgan fingerprint density at radius 3 is 2.57 bits per heavy atom. The first kappa shape index (κ1) is 37.6. The Kier molecular flexibility index (Phi) is 11.0. The number of pyridine rings is 1. The van der Waals surface area contributed by atoms with Crippen LogP contribution in [-0.4, -0.2) is 79.5 Å². The zero-order valence-electron chi connectivity index (χ0n) is 31.0. The predicted octanol–water partition coefficient (Wildman–Crippen LogP) is 5.43. The maximum Gasteiger partial charge on any atom is 0.306 e. The smallest absolute Gasteiger partial charge is 0.306 e. The van der Waals surface area contributed by atoms with Gasteiger partial charge < -0.3 is 19.1 Å². The summed E-state index contributed by atoms with van der Waals surface area (Å²) < 4.78 is 46.2. The number of hydrogen-bond donors (Lipinski definition) is 1. The number of nitrogens with zero attached hydrogens (tertiary/aromatic N) is 2. The van der Waals surface area contributed by atoms with Crippen LogP contribution in [0.25, 0.3) is 10.8 Å². The Balaban J connectivity index is 1.23. The molecule has 1 N–H and O–H groups in total. The monoisotopic (exact) mass is 751 g/mol. The van der Waals surface area contributed by atoms with Crippen molar-refractivity contribution in [2.45, 2.75) is 127 Å². The van der Waals surface area contributed by atoms with Crippen molar-refractivity contribution in [2.75, 3.05) is 20.3 Å². The summed E-state index contributed by atoms with van der Waals surface area (Å²) >= 11 is 0. The van der Waals surface area contributed by atoms with Crippen LogP contribution in [0.15, 0.2) is 24.4 Å². The molecule has 288 valence electrons. The molecule has 53 heavy (non-hydrogen) atoms. The van der Waals surface area contributed by atoms with Gasteiger partial charge in [-0.15, -0.1) is 0 Å². The van der Waals surface area contributed by atoms with Crippen molar-refractivity contribution in [2.24, 2.45) is 23.2 Å². The van der Waals surface area contributed by atoms with E-state index in [1.807, 2.05) is 25.1 Å². The van der Waals surface area contributed by atoms with E-state index in [1.54, 1.807) is 18.2 Å². The largest absolute Gasteiger partial charge is 0.496 e. The minimum Gasteiger partial charge on any atom is -0.496 e. The van der Waals surface area contributed by atoms with E-state index >= 15 is 0 Å². The second-order valence-electron chi connectivity index (χ2n) is 16.3. The lowest BCUT2D eigenvalue weighted by Gasteiger charge is -2.29. The summed E-state index contributed by atoms with van der Waals surface area (Å²) in [6, 6.07) is 5.00. The molecule has 6 atom stereocenters. The van der Waals surface area contributed by atoms with Gasteiger partial charge in [-0.25, -0.2) is 13.4 Å². The van der Waals surface area contributed by atoms with Gasteiger partial charge in [-0.1, -0.05) is 39.0 Å². The Morgan fingerprint density at radius 1 is 1.02 bits per heavy atom. The molecule has 2 aliphatic carbocycles. The lowest BCUT2D eigenvalue weighted by molar-refractivity contribution is -0.151. The number of esters is 1. The molecule has 7 rings (SSSR count). The number of benzene rings is 1. The number of Topliss-reactive ketones (excluding diaryl/α,β-unsaturated/α-hetero) is 1. The fraction of sp³-hybridized carbons (Fsp3) is 0.675. The second-order valence-corrected chi connectivity index (χ2v) is 18.2. The Hall–Kier alpha value is -3.74. The molecule has 2 amide bonds. The number of rotatable bonds is 4. The fourth-order valence-electron chi connectivity index (χ4n) is 8.82. The number of cyclic esters (lactones) is 1. The number of nitrogens with one attached hydrogen (secondary N) is 1. The standard InChI is InChI=1S/C40H53N3O9S/c1-25-9-8-11-27-17-32-26(18-35(27)50-2)15-16-41-37(32)52-30-20-33-34(44)22-40(39(47)42-53(48,49)31-13-14-31)21-29(40)12-7-5-3-4-6-10-28(19-36(45)51-24-25)38(46)43(33)23-30/h15-18,25,28-31,33H,3-14,19-24H2,1-2H3,(H,42,47)/t25-,28+,29-,30+,33-,40+/m0/s1. The summed E-state index contributed by atoms with van der Waals surface area (Å²) in [7, 11) is -2.16. The number of carbonyl (C=O) groups excluding carboxylic acids is 4. The van der Waals surface area contributed by atoms with Crippen molar-refractivity contribution < 1.29 is 41.8 Å². The minimum absolute atomic E-state index is 0.0788. The third-order valence-electron chi connectivity index (χ3n) is 12.2. The number of ketones is 1. The van der Waals surface area contributed by atoms with Gasteiger partial charge in [0.25, 0.3) is 0 Å². The first-order valence-electron chi connectivity index (χ1n) is 19.6. The maximum atomic E-state index is 14.6. The number of amides is 2. The van der Waals surface area contributed by atoms with Crippen LogP contribution in [-0.2, 0) is 40.4 Å². The quantitative estimate of drug-likeness (QED) is 0.400. The molecule has 4 heterocycles. The van der Waals surface area contributed by atoms with Crippen molar-refractivity contribution in [3.63, 3.8) is 0 Å². The molecule has 2 saturated carbocycles. The molecular weight excluding hydrogens is 699 g/mol. The summed E-state index contributed by atoms with van der Waals surface area (Å²) in [5.41, 5.74) is -0.132. The van der Waals surface area contributed by atoms with Crippen molar-refractivity contribution in [1.29, 1.82) is 0 Å². The van der Waals surface area contributed by atoms with E-state index < -0.39 is 50.6 Å². The number of fused-ring (bicyclic) bond motifs is 4. The van der Waals surface area contributed by atoms with Crippen LogP contribution in [0.3, 0.4) is 0 Å². The van der Waals surface area contributed by atoms with Crippen molar-refractivity contribution in [1.82, 2.24) is 14.6 Å². The van der Waals surface area contributed by atoms with E-state index in [1.165, 1.54) is 0 Å². The van der Waals surface area contributed by atoms with Crippen molar-refractivity contribution in [3.05, 3.63) is 30.0 Å². The fourth-order valence-corrected chi connectivity index (χ4v) is 10.2. The average Bonchev–Trinajstić information content (AvgIpc) is 4.06. The third-order valence-corrected chi connectivity index (χ3v) is 14.1. The number of aromatic nitrogens is 1. The normalized spacial score (nSPS) is 30.6. The van der Waals surface area contributed by atoms with Gasteiger partial charge in [0.1, 0.15) is 11.9 Å². The Morgan fingerprint density at radius 2 is 1.79 bits per heavy atom. The average molecular weight is 752 g/mol. The molecule has 2 aromatic rings. The zero-order chi connectivity index (χ0) is 37.3. The van der Waals surface area contributed by atoms with Gasteiger partial charge in [-0.3, -0.25) is 23.9 Å². The highest BCUT2D eigenvalue weighted by Crippen LogP contribution is 2.59. The van der Waals surface area contributed by atoms with E-state index in [0.29, 0.717) is 31.6 Å². The highest BCUT2D eigenvalue weighted by molar-refractivity contribution is 7.90. The second kappa shape index (κ2) is 15.5. The molecule has 3 aliphatic heterocycles. The van der Waals surface area contributed by atoms with Crippen LogP contribution < -0.4 is 14.2 Å². The molecule has 12 nitrogen and oxygen atoms in total. The molecule has 5 aliphatic rings. The van der Waals surface area contributed by atoms with Gasteiger partial charge in [0.2, 0.25) is 27.7 Å². The van der Waals surface area contributed by atoms with E-state index in [9.17, 15) is 27.6 Å². The highest BCUT2D eigenvalue weighted by atomic mass is 32.2. The molecule has 1 aromatic heterocycles. The predicted molar refractivity (Wildman–Crippen MR) is 197 cm³/mol. The van der Waals surface area contributed by atoms with Crippen LogP contribution in [0.4, 0.5) is 0 Å². The number of hydrogen-bond acceptors (Lipinski definition) is 10.